The van der Waals surface area contributed by atoms with Crippen LogP contribution in [0.4, 0.5) is 13.2 Å². The molecule has 0 aromatic heterocycles. The van der Waals surface area contributed by atoms with Gasteiger partial charge in [-0.25, -0.2) is 4.99 Å². The summed E-state index contributed by atoms with van der Waals surface area (Å²) in [6.45, 7) is -0.146. The van der Waals surface area contributed by atoms with Crippen LogP contribution in [0.5, 0.6) is 0 Å². The van der Waals surface area contributed by atoms with Crippen LogP contribution in [0.2, 0.25) is 0 Å². The number of carbonyl (C=O) groups excluding carboxylic acids is 1. The number of aliphatic imine (C=N–C) groups is 2. The Hall–Kier alpha value is -3.06. The molecule has 0 bridgehead atoms. The minimum atomic E-state index is -4.62. The van der Waals surface area contributed by atoms with Gasteiger partial charge in [0.1, 0.15) is 12.1 Å². The molecule has 3 aliphatic rings. The van der Waals surface area contributed by atoms with Crippen molar-refractivity contribution in [1.29, 1.82) is 0 Å². The Morgan fingerprint density at radius 1 is 1.34 bits per heavy atom. The lowest BCUT2D eigenvalue weighted by Crippen LogP contribution is -2.76. The number of carbonyl (C=O) groups is 1. The van der Waals surface area contributed by atoms with Crippen molar-refractivity contribution >= 4 is 17.8 Å². The van der Waals surface area contributed by atoms with Crippen molar-refractivity contribution in [3.8, 4) is 0 Å². The summed E-state index contributed by atoms with van der Waals surface area (Å²) in [5.41, 5.74) is 8.66. The first-order valence-corrected chi connectivity index (χ1v) is 8.58. The zero-order chi connectivity index (χ0) is 21.2. The first kappa shape index (κ1) is 19.3. The Bertz CT molecular complexity index is 933. The lowest BCUT2D eigenvalue weighted by atomic mass is 9.89. The molecule has 1 spiro atoms. The van der Waals surface area contributed by atoms with Crippen LogP contribution < -0.4 is 22.1 Å². The lowest BCUT2D eigenvalue weighted by Gasteiger charge is -2.46. The van der Waals surface area contributed by atoms with Crippen molar-refractivity contribution in [2.75, 3.05) is 13.1 Å². The highest BCUT2D eigenvalue weighted by atomic mass is 19.4. The van der Waals surface area contributed by atoms with Crippen LogP contribution in [0.3, 0.4) is 0 Å². The summed E-state index contributed by atoms with van der Waals surface area (Å²) in [4.78, 5) is 22.1. The van der Waals surface area contributed by atoms with Gasteiger partial charge in [0.25, 0.3) is 5.91 Å². The van der Waals surface area contributed by atoms with Gasteiger partial charge in [0.2, 0.25) is 5.79 Å². The zero-order valence-corrected chi connectivity index (χ0v) is 14.8. The predicted molar refractivity (Wildman–Crippen MR) is 94.3 cm³/mol. The van der Waals surface area contributed by atoms with Crippen molar-refractivity contribution < 1.29 is 28.2 Å². The first-order valence-electron chi connectivity index (χ1n) is 8.58. The fourth-order valence-electron chi connectivity index (χ4n) is 4.01. The van der Waals surface area contributed by atoms with E-state index in [4.69, 9.17) is 11.5 Å². The van der Waals surface area contributed by atoms with Crippen molar-refractivity contribution in [2.24, 2.45) is 21.5 Å². The second-order valence-corrected chi connectivity index (χ2v) is 7.06. The fourth-order valence-corrected chi connectivity index (χ4v) is 4.01. The third-order valence-electron chi connectivity index (χ3n) is 5.39. The number of hydrogen-bond donors (Lipinski definition) is 6. The fraction of sp³-hybridized carbons (Fsp3) is 0.438. The van der Waals surface area contributed by atoms with Gasteiger partial charge in [-0.15, -0.1) is 0 Å². The number of nitrogens with zero attached hydrogens (tertiary/aromatic N) is 3. The number of guanidine groups is 2. The number of nitrogens with two attached hydrogens (primary N) is 2. The molecule has 1 aromatic rings. The Balaban J connectivity index is 1.63. The maximum absolute atomic E-state index is 12.9. The SMILES string of the molecule is NC1=NC2CN=C(N)N3CC(NC(=O)c4cccc(C(F)(F)F)c4)C(O)(O)[C@]23N1. The summed E-state index contributed by atoms with van der Waals surface area (Å²) in [6.07, 6.45) is -4.62. The van der Waals surface area contributed by atoms with Crippen LogP contribution in [0, 0.1) is 0 Å². The molecule has 13 heteroatoms. The molecular weight excluding hydrogens is 395 g/mol. The largest absolute Gasteiger partial charge is 0.416 e. The standard InChI is InChI=1S/C16H18F3N7O3/c17-16(18,19)8-3-1-2-7(4-8)11(27)23-10-6-26-13(21)22-5-9-14(26,15(10,28)29)25-12(20)24-9/h1-4,9-10,28-29H,5-6H2,(H2,21,22)(H,23,27)(H3,20,24,25)/t9?,10?,14-/m0/s1. The zero-order valence-electron chi connectivity index (χ0n) is 14.8. The minimum absolute atomic E-state index is 0.0121. The third kappa shape index (κ3) is 2.68. The van der Waals surface area contributed by atoms with Crippen LogP contribution >= 0.6 is 0 Å². The molecule has 0 aliphatic carbocycles. The summed E-state index contributed by atoms with van der Waals surface area (Å²) < 4.78 is 38.7. The topological polar surface area (TPSA) is 162 Å². The summed E-state index contributed by atoms with van der Waals surface area (Å²) in [5.74, 6) is -3.59. The number of nitrogens with one attached hydrogen (secondary N) is 2. The van der Waals surface area contributed by atoms with Gasteiger partial charge in [-0.1, -0.05) is 6.07 Å². The second kappa shape index (κ2) is 5.97. The van der Waals surface area contributed by atoms with Crippen molar-refractivity contribution in [1.82, 2.24) is 15.5 Å². The molecule has 1 fully saturated rings. The molecule has 1 aromatic carbocycles. The van der Waals surface area contributed by atoms with E-state index in [0.717, 1.165) is 12.1 Å². The molecule has 8 N–H and O–H groups in total. The second-order valence-electron chi connectivity index (χ2n) is 7.06. The summed E-state index contributed by atoms with van der Waals surface area (Å²) in [7, 11) is 0. The van der Waals surface area contributed by atoms with Crippen LogP contribution in [-0.2, 0) is 6.18 Å². The van der Waals surface area contributed by atoms with Gasteiger partial charge in [-0.2, -0.15) is 13.2 Å². The summed E-state index contributed by atoms with van der Waals surface area (Å²) >= 11 is 0. The Kier molecular flexibility index (Phi) is 3.96. The number of aliphatic hydroxyl groups is 2. The van der Waals surface area contributed by atoms with Gasteiger partial charge in [0, 0.05) is 12.1 Å². The van der Waals surface area contributed by atoms with Crippen LogP contribution in [0.15, 0.2) is 34.3 Å². The van der Waals surface area contributed by atoms with E-state index in [2.05, 4.69) is 20.6 Å². The van der Waals surface area contributed by atoms with Gasteiger partial charge >= 0.3 is 6.18 Å². The predicted octanol–water partition coefficient (Wildman–Crippen LogP) is -1.89. The Morgan fingerprint density at radius 2 is 2.07 bits per heavy atom. The third-order valence-corrected chi connectivity index (χ3v) is 5.39. The van der Waals surface area contributed by atoms with Gasteiger partial charge in [-0.05, 0) is 18.2 Å². The maximum atomic E-state index is 12.9. The molecule has 156 valence electrons. The molecule has 29 heavy (non-hydrogen) atoms. The van der Waals surface area contributed by atoms with Gasteiger partial charge in [0.15, 0.2) is 17.6 Å². The first-order chi connectivity index (χ1) is 13.5. The van der Waals surface area contributed by atoms with Gasteiger partial charge < -0.3 is 37.2 Å². The Morgan fingerprint density at radius 3 is 2.76 bits per heavy atom. The summed E-state index contributed by atoms with van der Waals surface area (Å²) in [5, 5.41) is 27.0. The number of alkyl halides is 3. The average Bonchev–Trinajstić information content (AvgIpc) is 3.10. The molecule has 3 heterocycles. The molecule has 1 saturated heterocycles. The van der Waals surface area contributed by atoms with Crippen molar-refractivity contribution in [3.05, 3.63) is 35.4 Å². The molecular formula is C16H18F3N7O3. The lowest BCUT2D eigenvalue weighted by molar-refractivity contribution is -0.228. The van der Waals surface area contributed by atoms with E-state index in [9.17, 15) is 28.2 Å². The van der Waals surface area contributed by atoms with Crippen LogP contribution in [-0.4, -0.2) is 69.6 Å². The normalized spacial score (nSPS) is 30.0. The molecule has 1 amide bonds. The van der Waals surface area contributed by atoms with E-state index in [-0.39, 0.29) is 30.6 Å². The number of benzene rings is 1. The van der Waals surface area contributed by atoms with Crippen LogP contribution in [0.1, 0.15) is 15.9 Å². The van der Waals surface area contributed by atoms with E-state index in [1.54, 1.807) is 0 Å². The Labute approximate surface area is 162 Å². The highest BCUT2D eigenvalue weighted by Crippen LogP contribution is 2.42. The van der Waals surface area contributed by atoms with E-state index >= 15 is 0 Å². The molecule has 3 aliphatic heterocycles. The number of hydrogen-bond acceptors (Lipinski definition) is 9. The smallest absolute Gasteiger partial charge is 0.370 e. The van der Waals surface area contributed by atoms with Crippen LogP contribution in [0.25, 0.3) is 0 Å². The molecule has 3 atom stereocenters. The number of amides is 1. The van der Waals surface area contributed by atoms with Gasteiger partial charge in [0.05, 0.1) is 12.1 Å². The highest BCUT2D eigenvalue weighted by molar-refractivity contribution is 5.95. The van der Waals surface area contributed by atoms with Crippen molar-refractivity contribution in [2.45, 2.75) is 29.7 Å². The highest BCUT2D eigenvalue weighted by Gasteiger charge is 2.71. The monoisotopic (exact) mass is 413 g/mol. The number of halogens is 3. The van der Waals surface area contributed by atoms with Crippen molar-refractivity contribution in [3.63, 3.8) is 0 Å². The van der Waals surface area contributed by atoms with E-state index in [0.29, 0.717) is 6.07 Å². The molecule has 4 rings (SSSR count). The average molecular weight is 413 g/mol. The molecule has 10 nitrogen and oxygen atoms in total. The summed E-state index contributed by atoms with van der Waals surface area (Å²) in [6, 6.07) is 1.67. The molecule has 0 saturated carbocycles. The minimum Gasteiger partial charge on any atom is -0.370 e. The van der Waals surface area contributed by atoms with Gasteiger partial charge in [-0.3, -0.25) is 9.79 Å². The molecule has 2 unspecified atom stereocenters. The van der Waals surface area contributed by atoms with E-state index in [1.165, 1.54) is 11.0 Å². The maximum Gasteiger partial charge on any atom is 0.416 e. The van der Waals surface area contributed by atoms with E-state index in [1.807, 2.05) is 0 Å². The molecule has 0 radical (unpaired) electrons. The quantitative estimate of drug-likeness (QED) is 0.309. The van der Waals surface area contributed by atoms with E-state index < -0.39 is 41.2 Å². The number of rotatable bonds is 2.